The molecule has 0 saturated carbocycles. The molecular formula is C25H38O2Si. The van der Waals surface area contributed by atoms with Gasteiger partial charge in [0.05, 0.1) is 6.23 Å². The zero-order valence-corrected chi connectivity index (χ0v) is 19.3. The van der Waals surface area contributed by atoms with Crippen LogP contribution in [0.4, 0.5) is 0 Å². The van der Waals surface area contributed by atoms with Gasteiger partial charge in [-0.2, -0.15) is 0 Å². The summed E-state index contributed by atoms with van der Waals surface area (Å²) in [5.74, 6) is 1.43. The summed E-state index contributed by atoms with van der Waals surface area (Å²) in [7, 11) is -1.70. The molecule has 2 rings (SSSR count). The summed E-state index contributed by atoms with van der Waals surface area (Å²) < 4.78 is 6.56. The first-order valence-corrected chi connectivity index (χ1v) is 13.7. The summed E-state index contributed by atoms with van der Waals surface area (Å²) >= 11 is 0. The number of aromatic hydroxyl groups is 1. The number of ether oxygens (including phenoxy) is 1. The molecule has 0 spiro atoms. The summed E-state index contributed by atoms with van der Waals surface area (Å²) in [4.78, 5) is 0. The molecule has 0 unspecified atom stereocenters. The lowest BCUT2D eigenvalue weighted by molar-refractivity contribution is 0.369. The Morgan fingerprint density at radius 3 is 2.00 bits per heavy atom. The van der Waals surface area contributed by atoms with Gasteiger partial charge >= 0.3 is 0 Å². The van der Waals surface area contributed by atoms with Crippen molar-refractivity contribution in [2.75, 3.05) is 6.23 Å². The third-order valence-corrected chi connectivity index (χ3v) is 11.1. The van der Waals surface area contributed by atoms with Crippen LogP contribution in [0.25, 0.3) is 0 Å². The van der Waals surface area contributed by atoms with E-state index in [0.29, 0.717) is 5.75 Å². The second-order valence-electron chi connectivity index (χ2n) is 7.94. The van der Waals surface area contributed by atoms with E-state index >= 15 is 0 Å². The first-order valence-electron chi connectivity index (χ1n) is 11.1. The molecule has 1 N–H and O–H groups in total. The molecule has 0 bridgehead atoms. The minimum Gasteiger partial charge on any atom is -0.508 e. The predicted molar refractivity (Wildman–Crippen MR) is 124 cm³/mol. The molecular weight excluding hydrogens is 360 g/mol. The van der Waals surface area contributed by atoms with E-state index in [1.54, 1.807) is 0 Å². The number of unbranched alkanes of at least 4 members (excludes halogenated alkanes) is 2. The van der Waals surface area contributed by atoms with E-state index in [-0.39, 0.29) is 0 Å². The fraction of sp³-hybridized carbons (Fsp3) is 0.520. The van der Waals surface area contributed by atoms with E-state index in [4.69, 9.17) is 4.74 Å². The summed E-state index contributed by atoms with van der Waals surface area (Å²) in [6.45, 7) is 9.02. The van der Waals surface area contributed by atoms with Crippen LogP contribution in [0.15, 0.2) is 42.5 Å². The lowest BCUT2D eigenvalue weighted by atomic mass is 10.0. The van der Waals surface area contributed by atoms with Crippen LogP contribution < -0.4 is 9.92 Å². The van der Waals surface area contributed by atoms with Crippen LogP contribution in [-0.4, -0.2) is 19.4 Å². The minimum absolute atomic E-state index is 0.435. The second-order valence-corrected chi connectivity index (χ2v) is 12.8. The Morgan fingerprint density at radius 2 is 1.43 bits per heavy atom. The molecule has 0 aliphatic heterocycles. The molecule has 2 aromatic rings. The van der Waals surface area contributed by atoms with Gasteiger partial charge in [0.25, 0.3) is 0 Å². The number of phenolic OH excluding ortho intramolecular Hbond substituents is 1. The van der Waals surface area contributed by atoms with Crippen molar-refractivity contribution < 1.29 is 9.84 Å². The molecule has 0 aliphatic carbocycles. The van der Waals surface area contributed by atoms with Gasteiger partial charge in [-0.05, 0) is 48.9 Å². The number of aryl methyl sites for hydroxylation is 2. The molecule has 0 atom stereocenters. The van der Waals surface area contributed by atoms with E-state index in [9.17, 15) is 5.11 Å². The Bertz CT molecular complexity index is 708. The lowest BCUT2D eigenvalue weighted by Crippen LogP contribution is -2.52. The van der Waals surface area contributed by atoms with Crippen LogP contribution in [0.1, 0.15) is 64.5 Å². The highest BCUT2D eigenvalue weighted by molar-refractivity contribution is 6.91. The zero-order chi connectivity index (χ0) is 20.4. The van der Waals surface area contributed by atoms with Crippen molar-refractivity contribution in [2.24, 2.45) is 0 Å². The van der Waals surface area contributed by atoms with E-state index in [1.807, 2.05) is 6.07 Å². The highest BCUT2D eigenvalue weighted by Crippen LogP contribution is 2.31. The van der Waals surface area contributed by atoms with Gasteiger partial charge in [-0.1, -0.05) is 88.1 Å². The zero-order valence-electron chi connectivity index (χ0n) is 18.3. The molecule has 0 fully saturated rings. The van der Waals surface area contributed by atoms with Crippen LogP contribution in [0.5, 0.6) is 11.5 Å². The number of hydrogen-bond donors (Lipinski definition) is 1. The predicted octanol–water partition coefficient (Wildman–Crippen LogP) is 6.39. The van der Waals surface area contributed by atoms with Crippen molar-refractivity contribution in [3.05, 3.63) is 53.6 Å². The van der Waals surface area contributed by atoms with Gasteiger partial charge in [-0.3, -0.25) is 0 Å². The molecule has 3 heteroatoms. The highest BCUT2D eigenvalue weighted by Gasteiger charge is 2.32. The van der Waals surface area contributed by atoms with E-state index in [1.165, 1.54) is 17.3 Å². The number of benzene rings is 2. The van der Waals surface area contributed by atoms with Gasteiger partial charge in [-0.15, -0.1) is 0 Å². The van der Waals surface area contributed by atoms with Crippen LogP contribution >= 0.6 is 0 Å². The fourth-order valence-electron chi connectivity index (χ4n) is 3.87. The molecule has 154 valence electrons. The first kappa shape index (κ1) is 22.5. The molecule has 0 amide bonds. The van der Waals surface area contributed by atoms with Crippen molar-refractivity contribution in [2.45, 2.75) is 78.3 Å². The van der Waals surface area contributed by atoms with Crippen molar-refractivity contribution in [1.82, 2.24) is 0 Å². The molecule has 0 heterocycles. The van der Waals surface area contributed by atoms with E-state index < -0.39 is 8.07 Å². The Labute approximate surface area is 173 Å². The molecule has 0 aliphatic rings. The van der Waals surface area contributed by atoms with E-state index in [0.717, 1.165) is 61.6 Å². The van der Waals surface area contributed by atoms with Crippen LogP contribution in [0, 0.1) is 0 Å². The summed E-state index contributed by atoms with van der Waals surface area (Å²) in [6.07, 6.45) is 7.16. The van der Waals surface area contributed by atoms with Gasteiger partial charge < -0.3 is 9.84 Å². The Hall–Kier alpha value is -1.74. The van der Waals surface area contributed by atoms with Crippen molar-refractivity contribution >= 4 is 13.3 Å². The van der Waals surface area contributed by atoms with Crippen molar-refractivity contribution in [1.29, 1.82) is 0 Å². The van der Waals surface area contributed by atoms with E-state index in [2.05, 4.69) is 64.1 Å². The molecule has 2 aromatic carbocycles. The minimum atomic E-state index is -1.70. The van der Waals surface area contributed by atoms with Gasteiger partial charge in [0.2, 0.25) is 0 Å². The Balaban J connectivity index is 2.30. The van der Waals surface area contributed by atoms with Gasteiger partial charge in [0, 0.05) is 0 Å². The highest BCUT2D eigenvalue weighted by atomic mass is 28.3. The third kappa shape index (κ3) is 5.63. The summed E-state index contributed by atoms with van der Waals surface area (Å²) in [6, 6.07) is 17.4. The maximum absolute atomic E-state index is 10.5. The van der Waals surface area contributed by atoms with Gasteiger partial charge in [0.15, 0.2) is 0 Å². The summed E-state index contributed by atoms with van der Waals surface area (Å²) in [5.41, 5.74) is 2.18. The maximum Gasteiger partial charge on any atom is 0.129 e. The monoisotopic (exact) mass is 398 g/mol. The average molecular weight is 399 g/mol. The van der Waals surface area contributed by atoms with Crippen LogP contribution in [-0.2, 0) is 12.8 Å². The molecule has 28 heavy (non-hydrogen) atoms. The Kier molecular flexibility index (Phi) is 9.10. The van der Waals surface area contributed by atoms with Crippen molar-refractivity contribution in [3.8, 4) is 11.5 Å². The topological polar surface area (TPSA) is 29.5 Å². The second kappa shape index (κ2) is 11.3. The SMILES string of the molecule is CCCCc1cc(OC[Si](CC)(CC)c2ccccc2)c(CCCC)cc1O. The van der Waals surface area contributed by atoms with Gasteiger partial charge in [-0.25, -0.2) is 0 Å². The molecule has 0 saturated heterocycles. The van der Waals surface area contributed by atoms with Crippen LogP contribution in [0.3, 0.4) is 0 Å². The maximum atomic E-state index is 10.5. The number of rotatable bonds is 12. The largest absolute Gasteiger partial charge is 0.508 e. The lowest BCUT2D eigenvalue weighted by Gasteiger charge is -2.30. The number of hydrogen-bond acceptors (Lipinski definition) is 2. The normalized spacial score (nSPS) is 11.6. The Morgan fingerprint density at radius 1 is 0.821 bits per heavy atom. The molecule has 2 nitrogen and oxygen atoms in total. The molecule has 0 aromatic heterocycles. The third-order valence-electron chi connectivity index (χ3n) is 6.10. The molecule has 0 radical (unpaired) electrons. The van der Waals surface area contributed by atoms with Crippen molar-refractivity contribution in [3.63, 3.8) is 0 Å². The summed E-state index contributed by atoms with van der Waals surface area (Å²) in [5, 5.41) is 12.0. The van der Waals surface area contributed by atoms with Gasteiger partial charge in [0.1, 0.15) is 19.6 Å². The first-order chi connectivity index (χ1) is 13.6. The smallest absolute Gasteiger partial charge is 0.129 e. The average Bonchev–Trinajstić information content (AvgIpc) is 2.74. The number of phenols is 1. The quantitative estimate of drug-likeness (QED) is 0.420. The standard InChI is InChI=1S/C25H38O2Si/c1-5-9-14-21-19-25(22(15-10-6-2)18-24(21)26)27-20-28(7-3,8-4)23-16-12-11-13-17-23/h11-13,16-19,26H,5-10,14-15,20H2,1-4H3. The fourth-order valence-corrected chi connectivity index (χ4v) is 7.09. The van der Waals surface area contributed by atoms with Crippen LogP contribution in [0.2, 0.25) is 12.1 Å².